The Morgan fingerprint density at radius 1 is 1.44 bits per heavy atom. The number of nitrogens with one attached hydrogen (secondary N) is 1. The Morgan fingerprint density at radius 3 is 2.88 bits per heavy atom. The third-order valence-electron chi connectivity index (χ3n) is 2.04. The van der Waals surface area contributed by atoms with Gasteiger partial charge in [0.25, 0.3) is 5.91 Å². The standard InChI is InChI=1S/C11H10BrN3O/c1-15-6-5-10(14-15)13-11(16)8-3-2-4-9(12)7-8/h2-7H,1H3,(H,13,14,16). The molecule has 0 spiro atoms. The van der Waals surface area contributed by atoms with E-state index in [-0.39, 0.29) is 5.91 Å². The molecule has 2 aromatic rings. The number of nitrogens with zero attached hydrogens (tertiary/aromatic N) is 2. The second kappa shape index (κ2) is 4.49. The van der Waals surface area contributed by atoms with Crippen LogP contribution in [0.1, 0.15) is 10.4 Å². The van der Waals surface area contributed by atoms with Crippen LogP contribution in [0.3, 0.4) is 0 Å². The van der Waals surface area contributed by atoms with E-state index in [2.05, 4.69) is 26.3 Å². The number of aromatic nitrogens is 2. The van der Waals surface area contributed by atoms with E-state index in [9.17, 15) is 4.79 Å². The summed E-state index contributed by atoms with van der Waals surface area (Å²) in [6.45, 7) is 0. The molecule has 0 aliphatic rings. The second-order valence-corrected chi connectivity index (χ2v) is 4.25. The largest absolute Gasteiger partial charge is 0.305 e. The topological polar surface area (TPSA) is 46.9 Å². The molecule has 82 valence electrons. The van der Waals surface area contributed by atoms with Gasteiger partial charge in [0, 0.05) is 29.3 Å². The lowest BCUT2D eigenvalue weighted by atomic mass is 10.2. The van der Waals surface area contributed by atoms with E-state index < -0.39 is 0 Å². The van der Waals surface area contributed by atoms with Gasteiger partial charge in [0.05, 0.1) is 0 Å². The van der Waals surface area contributed by atoms with Crippen LogP contribution in [0, 0.1) is 0 Å². The van der Waals surface area contributed by atoms with E-state index in [1.807, 2.05) is 12.1 Å². The van der Waals surface area contributed by atoms with Gasteiger partial charge in [-0.25, -0.2) is 0 Å². The number of benzene rings is 1. The third kappa shape index (κ3) is 2.49. The van der Waals surface area contributed by atoms with Gasteiger partial charge in [-0.15, -0.1) is 0 Å². The van der Waals surface area contributed by atoms with Gasteiger partial charge in [-0.1, -0.05) is 22.0 Å². The van der Waals surface area contributed by atoms with Crippen molar-refractivity contribution >= 4 is 27.7 Å². The van der Waals surface area contributed by atoms with E-state index in [1.54, 1.807) is 36.1 Å². The van der Waals surface area contributed by atoms with Gasteiger partial charge in [0.1, 0.15) is 0 Å². The van der Waals surface area contributed by atoms with Crippen LogP contribution in [-0.2, 0) is 7.05 Å². The summed E-state index contributed by atoms with van der Waals surface area (Å²) >= 11 is 3.32. The van der Waals surface area contributed by atoms with Crippen LogP contribution < -0.4 is 5.32 Å². The normalized spacial score (nSPS) is 10.1. The lowest BCUT2D eigenvalue weighted by Gasteiger charge is -2.02. The van der Waals surface area contributed by atoms with Gasteiger partial charge < -0.3 is 5.32 Å². The summed E-state index contributed by atoms with van der Waals surface area (Å²) in [5, 5.41) is 6.79. The van der Waals surface area contributed by atoms with Crippen molar-refractivity contribution in [1.82, 2.24) is 9.78 Å². The molecule has 2 rings (SSSR count). The van der Waals surface area contributed by atoms with Crippen molar-refractivity contribution in [3.05, 3.63) is 46.6 Å². The van der Waals surface area contributed by atoms with Crippen molar-refractivity contribution in [2.75, 3.05) is 5.32 Å². The van der Waals surface area contributed by atoms with Crippen LogP contribution in [0.15, 0.2) is 41.0 Å². The average Bonchev–Trinajstić information content (AvgIpc) is 2.64. The quantitative estimate of drug-likeness (QED) is 0.918. The van der Waals surface area contributed by atoms with Crippen LogP contribution in [0.2, 0.25) is 0 Å². The highest BCUT2D eigenvalue weighted by atomic mass is 79.9. The number of anilines is 1. The molecule has 0 fully saturated rings. The summed E-state index contributed by atoms with van der Waals surface area (Å²) in [4.78, 5) is 11.8. The molecule has 0 saturated carbocycles. The van der Waals surface area contributed by atoms with E-state index in [1.165, 1.54) is 0 Å². The molecule has 5 heteroatoms. The number of carbonyl (C=O) groups excluding carboxylic acids is 1. The molecule has 0 radical (unpaired) electrons. The molecule has 0 saturated heterocycles. The summed E-state index contributed by atoms with van der Waals surface area (Å²) < 4.78 is 2.51. The van der Waals surface area contributed by atoms with Crippen molar-refractivity contribution in [2.45, 2.75) is 0 Å². The van der Waals surface area contributed by atoms with Crippen molar-refractivity contribution < 1.29 is 4.79 Å². The Morgan fingerprint density at radius 2 is 2.25 bits per heavy atom. The summed E-state index contributed by atoms with van der Waals surface area (Å²) in [5.74, 6) is 0.382. The van der Waals surface area contributed by atoms with Crippen molar-refractivity contribution in [1.29, 1.82) is 0 Å². The fraction of sp³-hybridized carbons (Fsp3) is 0.0909. The predicted octanol–water partition coefficient (Wildman–Crippen LogP) is 2.43. The molecule has 1 heterocycles. The third-order valence-corrected chi connectivity index (χ3v) is 2.54. The first-order chi connectivity index (χ1) is 7.65. The van der Waals surface area contributed by atoms with E-state index >= 15 is 0 Å². The van der Waals surface area contributed by atoms with Gasteiger partial charge in [-0.3, -0.25) is 9.48 Å². The molecule has 1 amide bonds. The van der Waals surface area contributed by atoms with E-state index in [4.69, 9.17) is 0 Å². The minimum Gasteiger partial charge on any atom is -0.305 e. The molecular formula is C11H10BrN3O. The Bertz CT molecular complexity index is 521. The van der Waals surface area contributed by atoms with Crippen LogP contribution in [-0.4, -0.2) is 15.7 Å². The number of hydrogen-bond donors (Lipinski definition) is 1. The molecular weight excluding hydrogens is 270 g/mol. The lowest BCUT2D eigenvalue weighted by molar-refractivity contribution is 0.102. The molecule has 0 aliphatic carbocycles. The summed E-state index contributed by atoms with van der Waals surface area (Å²) in [6.07, 6.45) is 1.77. The fourth-order valence-electron chi connectivity index (χ4n) is 1.30. The van der Waals surface area contributed by atoms with Gasteiger partial charge in [-0.2, -0.15) is 5.10 Å². The summed E-state index contributed by atoms with van der Waals surface area (Å²) in [7, 11) is 1.80. The number of carbonyl (C=O) groups is 1. The fourth-order valence-corrected chi connectivity index (χ4v) is 1.70. The number of hydrogen-bond acceptors (Lipinski definition) is 2. The Balaban J connectivity index is 2.14. The molecule has 4 nitrogen and oxygen atoms in total. The number of amides is 1. The van der Waals surface area contributed by atoms with Crippen LogP contribution >= 0.6 is 15.9 Å². The van der Waals surface area contributed by atoms with Crippen LogP contribution in [0.5, 0.6) is 0 Å². The van der Waals surface area contributed by atoms with Gasteiger partial charge in [-0.05, 0) is 18.2 Å². The van der Waals surface area contributed by atoms with E-state index in [0.29, 0.717) is 11.4 Å². The molecule has 1 aromatic heterocycles. The molecule has 0 unspecified atom stereocenters. The maximum absolute atomic E-state index is 11.8. The number of aryl methyl sites for hydroxylation is 1. The molecule has 16 heavy (non-hydrogen) atoms. The van der Waals surface area contributed by atoms with Gasteiger partial charge >= 0.3 is 0 Å². The number of halogens is 1. The Kier molecular flexibility index (Phi) is 3.05. The SMILES string of the molecule is Cn1ccc(NC(=O)c2cccc(Br)c2)n1. The molecule has 1 N–H and O–H groups in total. The first-order valence-electron chi connectivity index (χ1n) is 4.72. The molecule has 0 bridgehead atoms. The zero-order valence-electron chi connectivity index (χ0n) is 8.64. The first-order valence-corrected chi connectivity index (χ1v) is 5.51. The highest BCUT2D eigenvalue weighted by molar-refractivity contribution is 9.10. The minimum atomic E-state index is -0.167. The Hall–Kier alpha value is -1.62. The highest BCUT2D eigenvalue weighted by Crippen LogP contribution is 2.13. The summed E-state index contributed by atoms with van der Waals surface area (Å²) in [6, 6.07) is 8.95. The zero-order chi connectivity index (χ0) is 11.5. The zero-order valence-corrected chi connectivity index (χ0v) is 10.2. The number of rotatable bonds is 2. The molecule has 0 atom stereocenters. The maximum atomic E-state index is 11.8. The Labute approximate surface area is 101 Å². The monoisotopic (exact) mass is 279 g/mol. The van der Waals surface area contributed by atoms with Gasteiger partial charge in [0.15, 0.2) is 5.82 Å². The highest BCUT2D eigenvalue weighted by Gasteiger charge is 2.07. The lowest BCUT2D eigenvalue weighted by Crippen LogP contribution is -2.12. The van der Waals surface area contributed by atoms with Crippen molar-refractivity contribution in [3.8, 4) is 0 Å². The maximum Gasteiger partial charge on any atom is 0.256 e. The predicted molar refractivity (Wildman–Crippen MR) is 65.3 cm³/mol. The van der Waals surface area contributed by atoms with Crippen LogP contribution in [0.4, 0.5) is 5.82 Å². The minimum absolute atomic E-state index is 0.167. The van der Waals surface area contributed by atoms with Crippen molar-refractivity contribution in [2.24, 2.45) is 7.05 Å². The van der Waals surface area contributed by atoms with Gasteiger partial charge in [0.2, 0.25) is 0 Å². The molecule has 0 aliphatic heterocycles. The summed E-state index contributed by atoms with van der Waals surface area (Å²) in [5.41, 5.74) is 0.597. The first kappa shape index (κ1) is 10.9. The van der Waals surface area contributed by atoms with E-state index in [0.717, 1.165) is 4.47 Å². The average molecular weight is 280 g/mol. The molecule has 1 aromatic carbocycles. The van der Waals surface area contributed by atoms with Crippen molar-refractivity contribution in [3.63, 3.8) is 0 Å². The smallest absolute Gasteiger partial charge is 0.256 e. The second-order valence-electron chi connectivity index (χ2n) is 3.34. The van der Waals surface area contributed by atoms with Crippen LogP contribution in [0.25, 0.3) is 0 Å².